The summed E-state index contributed by atoms with van der Waals surface area (Å²) < 4.78 is 54.2. The van der Waals surface area contributed by atoms with Crippen LogP contribution < -0.4 is 11.1 Å². The van der Waals surface area contributed by atoms with Gasteiger partial charge in [0, 0.05) is 25.9 Å². The van der Waals surface area contributed by atoms with Gasteiger partial charge in [0.2, 0.25) is 11.8 Å². The van der Waals surface area contributed by atoms with Crippen molar-refractivity contribution < 1.29 is 27.1 Å². The van der Waals surface area contributed by atoms with E-state index in [1.54, 1.807) is 23.0 Å². The SMILES string of the molecule is C1CC1.FC1(F)CCCCC1.NCc1cn2ncc(CNC(=O)COCC(F)F)cc2n1. The van der Waals surface area contributed by atoms with Crippen molar-refractivity contribution in [3.05, 3.63) is 29.7 Å². The van der Waals surface area contributed by atoms with Crippen LogP contribution in [0.15, 0.2) is 18.5 Å². The molecule has 0 bridgehead atoms. The molecule has 2 aliphatic rings. The Bertz CT molecular complexity index is 819. The van der Waals surface area contributed by atoms with Gasteiger partial charge >= 0.3 is 0 Å². The van der Waals surface area contributed by atoms with Crippen molar-refractivity contribution in [1.82, 2.24) is 19.9 Å². The third kappa shape index (κ3) is 10.9. The molecule has 11 heteroatoms. The standard InChI is InChI=1S/C12H15F2N5O2.C6H10F2.C3H6/c13-10(14)6-21-7-12(20)16-3-8-1-11-18-9(2-15)5-19(11)17-4-8;7-6(8)4-2-1-3-5-6;1-2-3-1/h1,4-5,10H,2-3,6-7,15H2,(H,16,20);1-5H2;1-3H2. The molecule has 2 fully saturated rings. The van der Waals surface area contributed by atoms with E-state index in [1.165, 1.54) is 19.3 Å². The maximum absolute atomic E-state index is 12.2. The Hall–Kier alpha value is -2.27. The lowest BCUT2D eigenvalue weighted by Crippen LogP contribution is -2.28. The number of hydrogen-bond acceptors (Lipinski definition) is 5. The molecule has 2 aromatic heterocycles. The molecule has 0 aromatic carbocycles. The molecule has 2 aliphatic carbocycles. The zero-order chi connectivity index (χ0) is 23.4. The van der Waals surface area contributed by atoms with E-state index < -0.39 is 31.5 Å². The molecule has 2 saturated carbocycles. The lowest BCUT2D eigenvalue weighted by atomic mass is 9.97. The number of aromatic nitrogens is 3. The highest BCUT2D eigenvalue weighted by molar-refractivity contribution is 5.77. The Balaban J connectivity index is 0.000000268. The van der Waals surface area contributed by atoms with Crippen LogP contribution in [0.4, 0.5) is 17.6 Å². The zero-order valence-corrected chi connectivity index (χ0v) is 18.0. The van der Waals surface area contributed by atoms with Gasteiger partial charge in [0.05, 0.1) is 18.1 Å². The van der Waals surface area contributed by atoms with E-state index in [2.05, 4.69) is 20.1 Å². The highest BCUT2D eigenvalue weighted by Crippen LogP contribution is 2.32. The number of nitrogens with zero attached hydrogens (tertiary/aromatic N) is 3. The normalized spacial score (nSPS) is 16.6. The van der Waals surface area contributed by atoms with E-state index in [0.717, 1.165) is 12.0 Å². The first-order chi connectivity index (χ1) is 15.3. The number of fused-ring (bicyclic) bond motifs is 1. The molecular formula is C21H31F4N5O2. The highest BCUT2D eigenvalue weighted by Gasteiger charge is 2.30. The van der Waals surface area contributed by atoms with E-state index >= 15 is 0 Å². The summed E-state index contributed by atoms with van der Waals surface area (Å²) in [6.07, 6.45) is 7.88. The van der Waals surface area contributed by atoms with Gasteiger partial charge in [0.15, 0.2) is 5.65 Å². The second-order valence-corrected chi connectivity index (χ2v) is 7.76. The number of rotatable bonds is 7. The molecule has 0 unspecified atom stereocenters. The summed E-state index contributed by atoms with van der Waals surface area (Å²) in [6, 6.07) is 1.76. The fraction of sp³-hybridized carbons (Fsp3) is 0.667. The molecule has 1 amide bonds. The third-order valence-corrected chi connectivity index (χ3v) is 4.54. The minimum Gasteiger partial charge on any atom is -0.366 e. The largest absolute Gasteiger partial charge is 0.366 e. The summed E-state index contributed by atoms with van der Waals surface area (Å²) in [6.45, 7) is -0.625. The number of halogens is 4. The summed E-state index contributed by atoms with van der Waals surface area (Å²) in [5, 5.41) is 6.68. The molecule has 2 aromatic rings. The molecule has 0 aliphatic heterocycles. The van der Waals surface area contributed by atoms with Crippen LogP contribution >= 0.6 is 0 Å². The van der Waals surface area contributed by atoms with Crippen LogP contribution in [-0.2, 0) is 22.6 Å². The summed E-state index contributed by atoms with van der Waals surface area (Å²) in [5.41, 5.74) is 7.56. The minimum absolute atomic E-state index is 0.118. The molecule has 4 rings (SSSR count). The Morgan fingerprint density at radius 2 is 1.84 bits per heavy atom. The monoisotopic (exact) mass is 461 g/mol. The smallest absolute Gasteiger partial charge is 0.261 e. The van der Waals surface area contributed by atoms with E-state index in [0.29, 0.717) is 30.7 Å². The van der Waals surface area contributed by atoms with E-state index in [4.69, 9.17) is 5.73 Å². The van der Waals surface area contributed by atoms with Gasteiger partial charge in [-0.15, -0.1) is 0 Å². The number of nitrogens with one attached hydrogen (secondary N) is 1. The van der Waals surface area contributed by atoms with Gasteiger partial charge in [-0.25, -0.2) is 27.1 Å². The van der Waals surface area contributed by atoms with Gasteiger partial charge in [0.25, 0.3) is 6.43 Å². The minimum atomic E-state index is -2.58. The van der Waals surface area contributed by atoms with Gasteiger partial charge < -0.3 is 15.8 Å². The van der Waals surface area contributed by atoms with Crippen LogP contribution in [0.5, 0.6) is 0 Å². The Kier molecular flexibility index (Phi) is 10.8. The average Bonchev–Trinajstić information content (AvgIpc) is 3.58. The molecule has 180 valence electrons. The van der Waals surface area contributed by atoms with Crippen LogP contribution in [0.2, 0.25) is 0 Å². The third-order valence-electron chi connectivity index (χ3n) is 4.54. The van der Waals surface area contributed by atoms with Crippen molar-refractivity contribution in [3.8, 4) is 0 Å². The van der Waals surface area contributed by atoms with E-state index in [-0.39, 0.29) is 19.4 Å². The molecule has 3 N–H and O–H groups in total. The van der Waals surface area contributed by atoms with Crippen molar-refractivity contribution in [3.63, 3.8) is 0 Å². The maximum Gasteiger partial charge on any atom is 0.261 e. The van der Waals surface area contributed by atoms with Crippen LogP contribution in [0.1, 0.15) is 62.6 Å². The predicted octanol–water partition coefficient (Wildman–Crippen LogP) is 3.84. The number of ether oxygens (including phenoxy) is 1. The molecule has 32 heavy (non-hydrogen) atoms. The summed E-state index contributed by atoms with van der Waals surface area (Å²) in [7, 11) is 0. The predicted molar refractivity (Wildman–Crippen MR) is 111 cm³/mol. The lowest BCUT2D eigenvalue weighted by molar-refractivity contribution is -0.127. The average molecular weight is 462 g/mol. The van der Waals surface area contributed by atoms with Crippen molar-refractivity contribution in [2.24, 2.45) is 5.73 Å². The van der Waals surface area contributed by atoms with Crippen molar-refractivity contribution in [2.45, 2.75) is 76.8 Å². The zero-order valence-electron chi connectivity index (χ0n) is 18.0. The Morgan fingerprint density at radius 1 is 1.19 bits per heavy atom. The first-order valence-electron chi connectivity index (χ1n) is 10.8. The van der Waals surface area contributed by atoms with Crippen LogP contribution in [0.25, 0.3) is 5.65 Å². The molecule has 0 atom stereocenters. The quantitative estimate of drug-likeness (QED) is 0.611. The Morgan fingerprint density at radius 3 is 2.38 bits per heavy atom. The van der Waals surface area contributed by atoms with E-state index in [1.807, 2.05) is 0 Å². The van der Waals surface area contributed by atoms with Crippen LogP contribution in [0, 0.1) is 0 Å². The second-order valence-electron chi connectivity index (χ2n) is 7.76. The Labute approximate surface area is 184 Å². The van der Waals surface area contributed by atoms with Gasteiger partial charge in [-0.2, -0.15) is 5.10 Å². The van der Waals surface area contributed by atoms with Gasteiger partial charge in [0.1, 0.15) is 13.2 Å². The number of alkyl halides is 4. The summed E-state index contributed by atoms with van der Waals surface area (Å²) >= 11 is 0. The maximum atomic E-state index is 12.2. The first kappa shape index (κ1) is 26.0. The summed E-state index contributed by atoms with van der Waals surface area (Å²) in [4.78, 5) is 15.6. The first-order valence-corrected chi connectivity index (χ1v) is 10.8. The van der Waals surface area contributed by atoms with Crippen LogP contribution in [0.3, 0.4) is 0 Å². The van der Waals surface area contributed by atoms with Crippen molar-refractivity contribution in [2.75, 3.05) is 13.2 Å². The van der Waals surface area contributed by atoms with Gasteiger partial charge in [-0.1, -0.05) is 25.7 Å². The number of nitrogens with two attached hydrogens (primary N) is 1. The van der Waals surface area contributed by atoms with Crippen molar-refractivity contribution in [1.29, 1.82) is 0 Å². The lowest BCUT2D eigenvalue weighted by Gasteiger charge is -2.20. The fourth-order valence-electron chi connectivity index (χ4n) is 2.72. The van der Waals surface area contributed by atoms with Crippen molar-refractivity contribution >= 4 is 11.6 Å². The summed E-state index contributed by atoms with van der Waals surface area (Å²) in [5.74, 6) is -2.79. The molecule has 2 heterocycles. The molecule has 0 spiro atoms. The van der Waals surface area contributed by atoms with Gasteiger partial charge in [-0.3, -0.25) is 4.79 Å². The number of imidazole rings is 1. The molecular weight excluding hydrogens is 430 g/mol. The number of amides is 1. The topological polar surface area (TPSA) is 94.5 Å². The molecule has 0 saturated heterocycles. The number of carbonyl (C=O) groups excluding carboxylic acids is 1. The van der Waals surface area contributed by atoms with Crippen LogP contribution in [-0.4, -0.2) is 46.1 Å². The molecule has 7 nitrogen and oxygen atoms in total. The number of carbonyl (C=O) groups is 1. The van der Waals surface area contributed by atoms with E-state index in [9.17, 15) is 22.4 Å². The second kappa shape index (κ2) is 13.3. The number of hydrogen-bond donors (Lipinski definition) is 2. The molecule has 0 radical (unpaired) electrons. The highest BCUT2D eigenvalue weighted by atomic mass is 19.3. The fourth-order valence-corrected chi connectivity index (χ4v) is 2.72. The van der Waals surface area contributed by atoms with Gasteiger partial charge in [-0.05, 0) is 24.5 Å².